The highest BCUT2D eigenvalue weighted by Gasteiger charge is 1.98. The first-order chi connectivity index (χ1) is 8.00. The number of rotatable bonds is 3. The highest BCUT2D eigenvalue weighted by Crippen LogP contribution is 2.23. The van der Waals surface area contributed by atoms with E-state index < -0.39 is 0 Å². The van der Waals surface area contributed by atoms with Crippen LogP contribution in [0.1, 0.15) is 51.3 Å². The summed E-state index contributed by atoms with van der Waals surface area (Å²) in [6.07, 6.45) is 4.45. The van der Waals surface area contributed by atoms with E-state index in [4.69, 9.17) is 0 Å². The van der Waals surface area contributed by atoms with E-state index in [0.29, 0.717) is 5.92 Å². The Morgan fingerprint density at radius 2 is 1.71 bits per heavy atom. The van der Waals surface area contributed by atoms with Crippen LogP contribution in [0.4, 0.5) is 0 Å². The number of hydrogen-bond donors (Lipinski definition) is 0. The zero-order chi connectivity index (χ0) is 13.4. The highest BCUT2D eigenvalue weighted by molar-refractivity contribution is 7.13. The summed E-state index contributed by atoms with van der Waals surface area (Å²) >= 11 is 1.86. The van der Waals surface area contributed by atoms with Gasteiger partial charge in [-0.2, -0.15) is 0 Å². The van der Waals surface area contributed by atoms with Crippen LogP contribution in [-0.2, 0) is 0 Å². The molecule has 0 aromatic carbocycles. The van der Waals surface area contributed by atoms with Crippen LogP contribution in [0.3, 0.4) is 0 Å². The van der Waals surface area contributed by atoms with Crippen LogP contribution in [0.25, 0.3) is 5.57 Å². The van der Waals surface area contributed by atoms with Crippen molar-refractivity contribution in [2.75, 3.05) is 0 Å². The lowest BCUT2D eigenvalue weighted by Gasteiger charge is -2.02. The molecular formula is C16H26S. The van der Waals surface area contributed by atoms with Crippen LogP contribution in [0.5, 0.6) is 0 Å². The SMILES string of the molecule is C/C(=C\C=C(/C)C(C)C)c1ccc(C)s1.CC. The third kappa shape index (κ3) is 5.88. The third-order valence-corrected chi connectivity index (χ3v) is 3.77. The molecule has 96 valence electrons. The molecule has 1 heterocycles. The quantitative estimate of drug-likeness (QED) is 0.570. The van der Waals surface area contributed by atoms with E-state index in [1.807, 2.05) is 25.2 Å². The molecule has 0 saturated heterocycles. The standard InChI is InChI=1S/C14H20S.C2H6/c1-10(2)11(3)6-7-12(4)14-9-8-13(5)15-14;1-2/h6-10H,1-5H3;1-2H3/b11-6+,12-7+;. The van der Waals surface area contributed by atoms with Gasteiger partial charge in [-0.1, -0.05) is 45.4 Å². The first kappa shape index (κ1) is 16.2. The van der Waals surface area contributed by atoms with E-state index in [9.17, 15) is 0 Å². The molecule has 1 aromatic rings. The van der Waals surface area contributed by atoms with Gasteiger partial charge in [0.05, 0.1) is 0 Å². The summed E-state index contributed by atoms with van der Waals surface area (Å²) < 4.78 is 0. The Bertz CT molecular complexity index is 378. The van der Waals surface area contributed by atoms with E-state index in [2.05, 4.69) is 58.9 Å². The molecule has 1 heteroatoms. The number of hydrogen-bond acceptors (Lipinski definition) is 1. The maximum Gasteiger partial charge on any atom is 0.0302 e. The van der Waals surface area contributed by atoms with Crippen molar-refractivity contribution in [2.45, 2.75) is 48.5 Å². The van der Waals surface area contributed by atoms with E-state index in [0.717, 1.165) is 0 Å². The van der Waals surface area contributed by atoms with Gasteiger partial charge < -0.3 is 0 Å². The van der Waals surface area contributed by atoms with E-state index >= 15 is 0 Å². The molecule has 0 spiro atoms. The fourth-order valence-electron chi connectivity index (χ4n) is 1.18. The van der Waals surface area contributed by atoms with Crippen molar-refractivity contribution in [3.63, 3.8) is 0 Å². The highest BCUT2D eigenvalue weighted by atomic mass is 32.1. The van der Waals surface area contributed by atoms with Gasteiger partial charge in [0.25, 0.3) is 0 Å². The molecule has 0 unspecified atom stereocenters. The zero-order valence-corrected chi connectivity index (χ0v) is 13.1. The van der Waals surface area contributed by atoms with Gasteiger partial charge in [-0.25, -0.2) is 0 Å². The van der Waals surface area contributed by atoms with Crippen molar-refractivity contribution in [3.8, 4) is 0 Å². The number of allylic oxidation sites excluding steroid dienone is 4. The molecule has 0 aliphatic heterocycles. The lowest BCUT2D eigenvalue weighted by molar-refractivity contribution is 0.769. The minimum absolute atomic E-state index is 0.638. The molecule has 1 aromatic heterocycles. The Labute approximate surface area is 111 Å². The lowest BCUT2D eigenvalue weighted by atomic mass is 10.0. The van der Waals surface area contributed by atoms with Crippen molar-refractivity contribution in [1.29, 1.82) is 0 Å². The topological polar surface area (TPSA) is 0 Å². The summed E-state index contributed by atoms with van der Waals surface area (Å²) in [6, 6.07) is 4.38. The normalized spacial score (nSPS) is 12.5. The summed E-state index contributed by atoms with van der Waals surface area (Å²) in [5.74, 6) is 0.638. The van der Waals surface area contributed by atoms with Crippen LogP contribution in [0.2, 0.25) is 0 Å². The van der Waals surface area contributed by atoms with Gasteiger partial charge in [0.1, 0.15) is 0 Å². The maximum atomic E-state index is 2.23. The van der Waals surface area contributed by atoms with Crippen LogP contribution >= 0.6 is 11.3 Å². The Hall–Kier alpha value is -0.820. The van der Waals surface area contributed by atoms with Crippen LogP contribution in [0.15, 0.2) is 29.9 Å². The molecule has 0 nitrogen and oxygen atoms in total. The van der Waals surface area contributed by atoms with E-state index in [-0.39, 0.29) is 0 Å². The second-order valence-electron chi connectivity index (χ2n) is 4.33. The van der Waals surface area contributed by atoms with Crippen molar-refractivity contribution >= 4 is 16.9 Å². The van der Waals surface area contributed by atoms with Crippen LogP contribution in [0, 0.1) is 12.8 Å². The Morgan fingerprint density at radius 1 is 1.12 bits per heavy atom. The summed E-state index contributed by atoms with van der Waals surface area (Å²) in [5.41, 5.74) is 2.79. The number of aryl methyl sites for hydroxylation is 1. The van der Waals surface area contributed by atoms with Gasteiger partial charge in [-0.15, -0.1) is 11.3 Å². The minimum Gasteiger partial charge on any atom is -0.141 e. The predicted molar refractivity (Wildman–Crippen MR) is 82.7 cm³/mol. The predicted octanol–water partition coefficient (Wildman–Crippen LogP) is 6.09. The van der Waals surface area contributed by atoms with Crippen LogP contribution < -0.4 is 0 Å². The summed E-state index contributed by atoms with van der Waals surface area (Å²) in [6.45, 7) is 15.0. The molecule has 0 N–H and O–H groups in total. The molecule has 0 radical (unpaired) electrons. The van der Waals surface area contributed by atoms with Gasteiger partial charge in [-0.3, -0.25) is 0 Å². The molecule has 1 rings (SSSR count). The Morgan fingerprint density at radius 3 is 2.12 bits per heavy atom. The second kappa shape index (κ2) is 8.30. The van der Waals surface area contributed by atoms with Crippen molar-refractivity contribution < 1.29 is 0 Å². The second-order valence-corrected chi connectivity index (χ2v) is 5.61. The molecule has 0 bridgehead atoms. The summed E-state index contributed by atoms with van der Waals surface area (Å²) in [7, 11) is 0. The molecule has 0 saturated carbocycles. The van der Waals surface area contributed by atoms with E-state index in [1.54, 1.807) is 0 Å². The fraction of sp³-hybridized carbons (Fsp3) is 0.500. The van der Waals surface area contributed by atoms with Gasteiger partial charge in [-0.05, 0) is 44.4 Å². The van der Waals surface area contributed by atoms with Gasteiger partial charge >= 0.3 is 0 Å². The van der Waals surface area contributed by atoms with Crippen molar-refractivity contribution in [3.05, 3.63) is 39.6 Å². The molecule has 0 amide bonds. The smallest absolute Gasteiger partial charge is 0.0302 e. The molecular weight excluding hydrogens is 224 g/mol. The van der Waals surface area contributed by atoms with E-state index in [1.165, 1.54) is 20.9 Å². The molecule has 17 heavy (non-hydrogen) atoms. The monoisotopic (exact) mass is 250 g/mol. The summed E-state index contributed by atoms with van der Waals surface area (Å²) in [5, 5.41) is 0. The van der Waals surface area contributed by atoms with Gasteiger partial charge in [0.2, 0.25) is 0 Å². The average molecular weight is 250 g/mol. The average Bonchev–Trinajstić information content (AvgIpc) is 2.74. The largest absolute Gasteiger partial charge is 0.141 e. The minimum atomic E-state index is 0.638. The third-order valence-electron chi connectivity index (χ3n) is 2.64. The fourth-order valence-corrected chi connectivity index (χ4v) is 2.03. The Kier molecular flexibility index (Phi) is 7.90. The molecule has 0 aliphatic rings. The Balaban J connectivity index is 0.00000121. The lowest BCUT2D eigenvalue weighted by Crippen LogP contribution is -1.86. The summed E-state index contributed by atoms with van der Waals surface area (Å²) in [4.78, 5) is 2.75. The molecule has 0 aliphatic carbocycles. The molecule has 0 atom stereocenters. The van der Waals surface area contributed by atoms with Gasteiger partial charge in [0.15, 0.2) is 0 Å². The molecule has 0 fully saturated rings. The first-order valence-corrected chi connectivity index (χ1v) is 7.24. The first-order valence-electron chi connectivity index (χ1n) is 6.42. The number of thiophene rings is 1. The van der Waals surface area contributed by atoms with Gasteiger partial charge in [0, 0.05) is 9.75 Å². The maximum absolute atomic E-state index is 2.23. The van der Waals surface area contributed by atoms with Crippen molar-refractivity contribution in [1.82, 2.24) is 0 Å². The van der Waals surface area contributed by atoms with Crippen LogP contribution in [-0.4, -0.2) is 0 Å². The van der Waals surface area contributed by atoms with Crippen molar-refractivity contribution in [2.24, 2.45) is 5.92 Å². The zero-order valence-electron chi connectivity index (χ0n) is 12.3.